The summed E-state index contributed by atoms with van der Waals surface area (Å²) in [7, 11) is -3.89. The predicted octanol–water partition coefficient (Wildman–Crippen LogP) is 4.20. The van der Waals surface area contributed by atoms with Crippen LogP contribution in [0.25, 0.3) is 0 Å². The molecule has 0 heterocycles. The molecule has 7 heteroatoms. The number of nitrogens with one attached hydrogen (secondary N) is 1. The average molecular weight is 457 g/mol. The number of hydrogen-bond acceptors (Lipinski definition) is 3. The zero-order chi connectivity index (χ0) is 22.3. The Balaban J connectivity index is 1.76. The molecule has 0 saturated heterocycles. The molecule has 3 aromatic rings. The Hall–Kier alpha value is -2.67. The fraction of sp³-hybridized carbons (Fsp3) is 0.208. The van der Waals surface area contributed by atoms with E-state index < -0.39 is 10.0 Å². The zero-order valence-electron chi connectivity index (χ0n) is 17.3. The third-order valence-corrected chi connectivity index (χ3v) is 7.04. The Morgan fingerprint density at radius 2 is 1.58 bits per heavy atom. The number of carbonyl (C=O) groups excluding carboxylic acids is 1. The summed E-state index contributed by atoms with van der Waals surface area (Å²) in [5, 5.41) is 3.27. The van der Waals surface area contributed by atoms with Crippen LogP contribution in [0.2, 0.25) is 5.02 Å². The number of benzene rings is 3. The summed E-state index contributed by atoms with van der Waals surface area (Å²) in [5.41, 5.74) is 2.69. The minimum atomic E-state index is -3.89. The van der Waals surface area contributed by atoms with Crippen molar-refractivity contribution in [2.24, 2.45) is 0 Å². The fourth-order valence-electron chi connectivity index (χ4n) is 3.11. The van der Waals surface area contributed by atoms with Crippen LogP contribution in [0.3, 0.4) is 0 Å². The summed E-state index contributed by atoms with van der Waals surface area (Å²) in [6.45, 7) is 2.02. The molecular formula is C24H25ClN2O3S. The van der Waals surface area contributed by atoms with E-state index in [0.29, 0.717) is 23.6 Å². The van der Waals surface area contributed by atoms with Crippen molar-refractivity contribution in [3.05, 3.63) is 101 Å². The summed E-state index contributed by atoms with van der Waals surface area (Å²) in [5.74, 6) is -0.362. The van der Waals surface area contributed by atoms with Crippen molar-refractivity contribution in [1.82, 2.24) is 9.62 Å². The Bertz CT molecular complexity index is 1120. The maximum Gasteiger partial charge on any atom is 0.243 e. The molecule has 1 N–H and O–H groups in total. The number of rotatable bonds is 9. The number of nitrogens with zero attached hydrogens (tertiary/aromatic N) is 1. The largest absolute Gasteiger partial charge is 0.355 e. The molecule has 0 bridgehead atoms. The maximum atomic E-state index is 13.3. The van der Waals surface area contributed by atoms with Crippen molar-refractivity contribution in [1.29, 1.82) is 0 Å². The number of amides is 1. The summed E-state index contributed by atoms with van der Waals surface area (Å²) in [6.07, 6.45) is 0.668. The maximum absolute atomic E-state index is 13.3. The van der Waals surface area contributed by atoms with E-state index in [0.717, 1.165) is 15.4 Å². The Morgan fingerprint density at radius 1 is 0.935 bits per heavy atom. The lowest BCUT2D eigenvalue weighted by Crippen LogP contribution is -2.40. The molecule has 5 nitrogen and oxygen atoms in total. The highest BCUT2D eigenvalue weighted by atomic mass is 35.5. The molecule has 0 aliphatic rings. The molecule has 0 aliphatic carbocycles. The number of aryl methyl sites for hydroxylation is 1. The molecule has 3 aromatic carbocycles. The van der Waals surface area contributed by atoms with Crippen LogP contribution in [0.4, 0.5) is 0 Å². The standard InChI is InChI=1S/C24H25ClN2O3S/c1-19-11-13-22(14-12-19)31(29,30)27(17-21-9-5-6-10-23(21)25)18-24(28)26-16-15-20-7-3-2-4-8-20/h2-14H,15-18H2,1H3,(H,26,28). The first kappa shape index (κ1) is 23.0. The Kier molecular flexibility index (Phi) is 7.85. The number of sulfonamides is 1. The van der Waals surface area contributed by atoms with Crippen molar-refractivity contribution >= 4 is 27.5 Å². The van der Waals surface area contributed by atoms with E-state index in [1.54, 1.807) is 48.5 Å². The van der Waals surface area contributed by atoms with E-state index in [1.807, 2.05) is 37.3 Å². The topological polar surface area (TPSA) is 66.5 Å². The van der Waals surface area contributed by atoms with Gasteiger partial charge in [-0.3, -0.25) is 4.79 Å². The summed E-state index contributed by atoms with van der Waals surface area (Å²) in [6, 6.07) is 23.4. The molecule has 3 rings (SSSR count). The van der Waals surface area contributed by atoms with Gasteiger partial charge in [0, 0.05) is 18.1 Å². The first-order valence-electron chi connectivity index (χ1n) is 9.97. The molecule has 31 heavy (non-hydrogen) atoms. The zero-order valence-corrected chi connectivity index (χ0v) is 18.9. The lowest BCUT2D eigenvalue weighted by molar-refractivity contribution is -0.121. The SMILES string of the molecule is Cc1ccc(S(=O)(=O)N(CC(=O)NCCc2ccccc2)Cc2ccccc2Cl)cc1. The molecule has 0 atom stereocenters. The number of carbonyl (C=O) groups is 1. The second-order valence-electron chi connectivity index (χ2n) is 7.26. The molecule has 0 aliphatic heterocycles. The van der Waals surface area contributed by atoms with Gasteiger partial charge in [0.05, 0.1) is 11.4 Å². The molecule has 0 saturated carbocycles. The van der Waals surface area contributed by atoms with Crippen molar-refractivity contribution in [3.63, 3.8) is 0 Å². The highest BCUT2D eigenvalue weighted by Crippen LogP contribution is 2.22. The lowest BCUT2D eigenvalue weighted by atomic mass is 10.1. The van der Waals surface area contributed by atoms with Crippen LogP contribution in [0.15, 0.2) is 83.8 Å². The van der Waals surface area contributed by atoms with Gasteiger partial charge in [-0.15, -0.1) is 0 Å². The third kappa shape index (κ3) is 6.40. The molecule has 162 valence electrons. The van der Waals surface area contributed by atoms with E-state index in [9.17, 15) is 13.2 Å². The van der Waals surface area contributed by atoms with Gasteiger partial charge in [-0.25, -0.2) is 8.42 Å². The van der Waals surface area contributed by atoms with Gasteiger partial charge in [0.25, 0.3) is 0 Å². The number of halogens is 1. The van der Waals surface area contributed by atoms with Crippen molar-refractivity contribution in [3.8, 4) is 0 Å². The monoisotopic (exact) mass is 456 g/mol. The van der Waals surface area contributed by atoms with Gasteiger partial charge in [-0.2, -0.15) is 4.31 Å². The van der Waals surface area contributed by atoms with Gasteiger partial charge in [0.1, 0.15) is 0 Å². The normalized spacial score (nSPS) is 11.5. The van der Waals surface area contributed by atoms with Crippen molar-refractivity contribution in [2.75, 3.05) is 13.1 Å². The molecule has 0 radical (unpaired) electrons. The van der Waals surface area contributed by atoms with E-state index in [-0.39, 0.29) is 23.9 Å². The first-order valence-corrected chi connectivity index (χ1v) is 11.8. The Labute approximate surface area is 188 Å². The first-order chi connectivity index (χ1) is 14.9. The van der Waals surface area contributed by atoms with Gasteiger partial charge >= 0.3 is 0 Å². The van der Waals surface area contributed by atoms with Gasteiger partial charge in [0.15, 0.2) is 0 Å². The third-order valence-electron chi connectivity index (χ3n) is 4.86. The molecule has 0 fully saturated rings. The van der Waals surface area contributed by atoms with E-state index in [2.05, 4.69) is 5.32 Å². The summed E-state index contributed by atoms with van der Waals surface area (Å²) >= 11 is 6.25. The van der Waals surface area contributed by atoms with Crippen LogP contribution in [-0.4, -0.2) is 31.7 Å². The molecular weight excluding hydrogens is 432 g/mol. The predicted molar refractivity (Wildman–Crippen MR) is 123 cm³/mol. The van der Waals surface area contributed by atoms with E-state index in [4.69, 9.17) is 11.6 Å². The highest BCUT2D eigenvalue weighted by Gasteiger charge is 2.27. The van der Waals surface area contributed by atoms with Gasteiger partial charge < -0.3 is 5.32 Å². The average Bonchev–Trinajstić information content (AvgIpc) is 2.76. The summed E-state index contributed by atoms with van der Waals surface area (Å²) in [4.78, 5) is 12.7. The quantitative estimate of drug-likeness (QED) is 0.524. The van der Waals surface area contributed by atoms with Crippen LogP contribution in [-0.2, 0) is 27.8 Å². The molecule has 1 amide bonds. The van der Waals surface area contributed by atoms with Gasteiger partial charge in [-0.05, 0) is 42.7 Å². The molecule has 0 unspecified atom stereocenters. The fourth-order valence-corrected chi connectivity index (χ4v) is 4.68. The minimum absolute atomic E-state index is 0.00197. The van der Waals surface area contributed by atoms with Crippen LogP contribution >= 0.6 is 11.6 Å². The van der Waals surface area contributed by atoms with Crippen LogP contribution in [0.5, 0.6) is 0 Å². The molecule has 0 aromatic heterocycles. The minimum Gasteiger partial charge on any atom is -0.355 e. The van der Waals surface area contributed by atoms with Gasteiger partial charge in [-0.1, -0.05) is 77.8 Å². The highest BCUT2D eigenvalue weighted by molar-refractivity contribution is 7.89. The van der Waals surface area contributed by atoms with E-state index in [1.165, 1.54) is 0 Å². The van der Waals surface area contributed by atoms with Gasteiger partial charge in [0.2, 0.25) is 15.9 Å². The van der Waals surface area contributed by atoms with Crippen LogP contribution < -0.4 is 5.32 Å². The van der Waals surface area contributed by atoms with Crippen molar-refractivity contribution < 1.29 is 13.2 Å². The smallest absolute Gasteiger partial charge is 0.243 e. The van der Waals surface area contributed by atoms with E-state index >= 15 is 0 Å². The van der Waals surface area contributed by atoms with Crippen LogP contribution in [0.1, 0.15) is 16.7 Å². The van der Waals surface area contributed by atoms with Crippen LogP contribution in [0, 0.1) is 6.92 Å². The second-order valence-corrected chi connectivity index (χ2v) is 9.61. The number of hydrogen-bond donors (Lipinski definition) is 1. The van der Waals surface area contributed by atoms with Crippen molar-refractivity contribution in [2.45, 2.75) is 24.8 Å². The lowest BCUT2D eigenvalue weighted by Gasteiger charge is -2.22. The summed E-state index contributed by atoms with van der Waals surface area (Å²) < 4.78 is 27.7. The molecule has 0 spiro atoms. The Morgan fingerprint density at radius 3 is 2.26 bits per heavy atom. The second kappa shape index (κ2) is 10.6.